The molecule has 3 aromatic carbocycles. The first-order chi connectivity index (χ1) is 17.1. The fourth-order valence-corrected chi connectivity index (χ4v) is 4.82. The van der Waals surface area contributed by atoms with Crippen molar-refractivity contribution in [3.63, 3.8) is 0 Å². The second-order valence-electron chi connectivity index (χ2n) is 9.20. The number of nitrogens with zero attached hydrogens (tertiary/aromatic N) is 3. The summed E-state index contributed by atoms with van der Waals surface area (Å²) in [6, 6.07) is 23.0. The summed E-state index contributed by atoms with van der Waals surface area (Å²) in [6.07, 6.45) is 6.09. The largest absolute Gasteiger partial charge is 0.351 e. The van der Waals surface area contributed by atoms with E-state index in [1.807, 2.05) is 24.3 Å². The molecule has 1 fully saturated rings. The van der Waals surface area contributed by atoms with Crippen molar-refractivity contribution in [2.75, 3.05) is 16.0 Å². The number of aromatic nitrogens is 3. The summed E-state index contributed by atoms with van der Waals surface area (Å²) in [4.78, 5) is 14.1. The van der Waals surface area contributed by atoms with Crippen LogP contribution in [0.5, 0.6) is 0 Å². The van der Waals surface area contributed by atoms with Crippen LogP contribution >= 0.6 is 11.6 Å². The first-order valence-electron chi connectivity index (χ1n) is 12.4. The van der Waals surface area contributed by atoms with Gasteiger partial charge in [0.1, 0.15) is 0 Å². The van der Waals surface area contributed by atoms with Crippen molar-refractivity contribution < 1.29 is 0 Å². The smallest absolute Gasteiger partial charge is 0.229 e. The molecule has 6 nitrogen and oxygen atoms in total. The molecular formula is C28H31ClN6. The van der Waals surface area contributed by atoms with E-state index in [1.165, 1.54) is 35.6 Å². The van der Waals surface area contributed by atoms with Gasteiger partial charge in [0.2, 0.25) is 17.8 Å². The molecule has 5 rings (SSSR count). The number of rotatable bonds is 8. The SMILES string of the molecule is CC(Nc1nc(NCc2ccc(Cl)cc2)nc(NC2CCCCC2)n1)c1cccc2ccccc12. The molecule has 0 aliphatic heterocycles. The third kappa shape index (κ3) is 6.01. The van der Waals surface area contributed by atoms with E-state index in [-0.39, 0.29) is 6.04 Å². The maximum Gasteiger partial charge on any atom is 0.229 e. The topological polar surface area (TPSA) is 74.8 Å². The van der Waals surface area contributed by atoms with Crippen LogP contribution in [0.4, 0.5) is 17.8 Å². The zero-order chi connectivity index (χ0) is 24.0. The molecule has 180 valence electrons. The van der Waals surface area contributed by atoms with Gasteiger partial charge < -0.3 is 16.0 Å². The quantitative estimate of drug-likeness (QED) is 0.244. The van der Waals surface area contributed by atoms with Crippen molar-refractivity contribution in [3.05, 3.63) is 82.9 Å². The van der Waals surface area contributed by atoms with Crippen molar-refractivity contribution in [1.29, 1.82) is 0 Å². The number of hydrogen-bond donors (Lipinski definition) is 3. The zero-order valence-electron chi connectivity index (χ0n) is 20.0. The monoisotopic (exact) mass is 486 g/mol. The van der Waals surface area contributed by atoms with Gasteiger partial charge in [-0.15, -0.1) is 0 Å². The molecule has 7 heteroatoms. The van der Waals surface area contributed by atoms with Gasteiger partial charge in [0.25, 0.3) is 0 Å². The fraction of sp³-hybridized carbons (Fsp3) is 0.321. The number of nitrogens with one attached hydrogen (secondary N) is 3. The summed E-state index contributed by atoms with van der Waals surface area (Å²) < 4.78 is 0. The van der Waals surface area contributed by atoms with Crippen molar-refractivity contribution in [1.82, 2.24) is 15.0 Å². The third-order valence-corrected chi connectivity index (χ3v) is 6.83. The summed E-state index contributed by atoms with van der Waals surface area (Å²) in [5, 5.41) is 13.6. The van der Waals surface area contributed by atoms with E-state index in [4.69, 9.17) is 21.6 Å². The van der Waals surface area contributed by atoms with Crippen LogP contribution in [-0.2, 0) is 6.54 Å². The molecule has 4 aromatic rings. The second kappa shape index (κ2) is 10.9. The van der Waals surface area contributed by atoms with Gasteiger partial charge in [0.05, 0.1) is 6.04 Å². The van der Waals surface area contributed by atoms with Crippen LogP contribution in [0.15, 0.2) is 66.7 Å². The van der Waals surface area contributed by atoms with Crippen LogP contribution in [-0.4, -0.2) is 21.0 Å². The van der Waals surface area contributed by atoms with E-state index in [0.29, 0.717) is 30.4 Å². The highest BCUT2D eigenvalue weighted by atomic mass is 35.5. The molecule has 0 saturated heterocycles. The van der Waals surface area contributed by atoms with Crippen molar-refractivity contribution in [2.45, 2.75) is 57.7 Å². The van der Waals surface area contributed by atoms with Crippen LogP contribution < -0.4 is 16.0 Å². The van der Waals surface area contributed by atoms with Crippen molar-refractivity contribution in [2.24, 2.45) is 0 Å². The normalized spacial score (nSPS) is 15.0. The Morgan fingerprint density at radius 1 is 0.829 bits per heavy atom. The minimum Gasteiger partial charge on any atom is -0.351 e. The van der Waals surface area contributed by atoms with Gasteiger partial charge >= 0.3 is 0 Å². The number of halogens is 1. The van der Waals surface area contributed by atoms with Crippen LogP contribution in [0.2, 0.25) is 5.02 Å². The van der Waals surface area contributed by atoms with Gasteiger partial charge in [-0.3, -0.25) is 0 Å². The molecule has 0 spiro atoms. The minimum absolute atomic E-state index is 0.0233. The average molecular weight is 487 g/mol. The summed E-state index contributed by atoms with van der Waals surface area (Å²) in [5.41, 5.74) is 2.32. The highest BCUT2D eigenvalue weighted by molar-refractivity contribution is 6.30. The Bertz CT molecular complexity index is 1260. The predicted octanol–water partition coefficient (Wildman–Crippen LogP) is 7.21. The van der Waals surface area contributed by atoms with Crippen LogP contribution in [0.25, 0.3) is 10.8 Å². The summed E-state index contributed by atoms with van der Waals surface area (Å²) in [5.74, 6) is 1.70. The van der Waals surface area contributed by atoms with Gasteiger partial charge in [-0.2, -0.15) is 15.0 Å². The maximum absolute atomic E-state index is 6.03. The van der Waals surface area contributed by atoms with Crippen molar-refractivity contribution in [3.8, 4) is 0 Å². The van der Waals surface area contributed by atoms with E-state index in [2.05, 4.69) is 70.3 Å². The lowest BCUT2D eigenvalue weighted by Gasteiger charge is -2.23. The minimum atomic E-state index is 0.0233. The van der Waals surface area contributed by atoms with E-state index < -0.39 is 0 Å². The highest BCUT2D eigenvalue weighted by Gasteiger charge is 2.17. The molecule has 0 radical (unpaired) electrons. The van der Waals surface area contributed by atoms with Gasteiger partial charge in [0.15, 0.2) is 0 Å². The molecule has 1 saturated carbocycles. The van der Waals surface area contributed by atoms with Gasteiger partial charge in [-0.05, 0) is 53.8 Å². The predicted molar refractivity (Wildman–Crippen MR) is 145 cm³/mol. The first-order valence-corrected chi connectivity index (χ1v) is 12.8. The maximum atomic E-state index is 6.03. The Kier molecular flexibility index (Phi) is 7.28. The molecule has 0 amide bonds. The fourth-order valence-electron chi connectivity index (χ4n) is 4.70. The summed E-state index contributed by atoms with van der Waals surface area (Å²) >= 11 is 6.03. The van der Waals surface area contributed by atoms with E-state index >= 15 is 0 Å². The Labute approximate surface area is 211 Å². The van der Waals surface area contributed by atoms with Gasteiger partial charge in [0, 0.05) is 17.6 Å². The lowest BCUT2D eigenvalue weighted by atomic mass is 9.96. The molecule has 1 atom stereocenters. The van der Waals surface area contributed by atoms with Crippen LogP contribution in [0, 0.1) is 0 Å². The lowest BCUT2D eigenvalue weighted by molar-refractivity contribution is 0.461. The molecule has 1 heterocycles. The number of benzene rings is 3. The zero-order valence-corrected chi connectivity index (χ0v) is 20.7. The Morgan fingerprint density at radius 3 is 2.37 bits per heavy atom. The van der Waals surface area contributed by atoms with Crippen molar-refractivity contribution >= 4 is 40.2 Å². The molecular weight excluding hydrogens is 456 g/mol. The molecule has 1 aliphatic carbocycles. The molecule has 35 heavy (non-hydrogen) atoms. The average Bonchev–Trinajstić information content (AvgIpc) is 2.88. The van der Waals surface area contributed by atoms with Gasteiger partial charge in [-0.25, -0.2) is 0 Å². The molecule has 1 aliphatic rings. The molecule has 1 aromatic heterocycles. The van der Waals surface area contributed by atoms with Crippen LogP contribution in [0.3, 0.4) is 0 Å². The Morgan fingerprint density at radius 2 is 1.54 bits per heavy atom. The molecule has 0 bridgehead atoms. The molecule has 3 N–H and O–H groups in total. The highest BCUT2D eigenvalue weighted by Crippen LogP contribution is 2.27. The van der Waals surface area contributed by atoms with Gasteiger partial charge in [-0.1, -0.05) is 85.5 Å². The summed E-state index contributed by atoms with van der Waals surface area (Å²) in [6.45, 7) is 2.74. The number of fused-ring (bicyclic) bond motifs is 1. The summed E-state index contributed by atoms with van der Waals surface area (Å²) in [7, 11) is 0. The van der Waals surface area contributed by atoms with E-state index in [1.54, 1.807) is 0 Å². The second-order valence-corrected chi connectivity index (χ2v) is 9.64. The van der Waals surface area contributed by atoms with E-state index in [9.17, 15) is 0 Å². The number of anilines is 3. The lowest BCUT2D eigenvalue weighted by Crippen LogP contribution is -2.24. The first kappa shape index (κ1) is 23.4. The van der Waals surface area contributed by atoms with E-state index in [0.717, 1.165) is 23.4 Å². The number of hydrogen-bond acceptors (Lipinski definition) is 6. The standard InChI is InChI=1S/C28H31ClN6/c1-19(24-13-7-9-21-8-5-6-12-25(21)24)31-27-33-26(30-18-20-14-16-22(29)17-15-20)34-28(35-27)32-23-10-3-2-4-11-23/h5-9,12-17,19,23H,2-4,10-11,18H2,1H3,(H3,30,31,32,33,34,35). The third-order valence-electron chi connectivity index (χ3n) is 6.57. The molecule has 1 unspecified atom stereocenters. The Balaban J connectivity index is 1.38. The van der Waals surface area contributed by atoms with Crippen LogP contribution in [0.1, 0.15) is 56.2 Å². The Hall–Kier alpha value is -3.38.